The highest BCUT2D eigenvalue weighted by Crippen LogP contribution is 2.34. The average Bonchev–Trinajstić information content (AvgIpc) is 2.84. The molecule has 0 heterocycles. The van der Waals surface area contributed by atoms with Gasteiger partial charge in [-0.05, 0) is 61.4 Å². The molecular formula is C26H27NO6. The summed E-state index contributed by atoms with van der Waals surface area (Å²) in [5.74, 6) is 0. The zero-order valence-electron chi connectivity index (χ0n) is 18.9. The van der Waals surface area contributed by atoms with E-state index in [4.69, 9.17) is 14.2 Å². The number of carbonyl (C=O) groups excluding carboxylic acids is 2. The average molecular weight is 450 g/mol. The van der Waals surface area contributed by atoms with E-state index in [2.05, 4.69) is 33.9 Å². The Labute approximate surface area is 193 Å². The standard InChI is InChI=1S/C26H27NO6/c1-4-31-26(29)33-18-21-9-15-24(16-10-21)27(22-11-5-19(2)6-12-22)23-13-7-20(8-14-23)17-32-25(28)30-3/h5-16H,4,17-18H2,1-3H3. The van der Waals surface area contributed by atoms with Crippen LogP contribution in [-0.2, 0) is 32.2 Å². The maximum absolute atomic E-state index is 11.4. The van der Waals surface area contributed by atoms with Crippen LogP contribution in [0.3, 0.4) is 0 Å². The Morgan fingerprint density at radius 1 is 0.667 bits per heavy atom. The predicted octanol–water partition coefficient (Wildman–Crippen LogP) is 6.42. The first-order valence-corrected chi connectivity index (χ1v) is 10.5. The lowest BCUT2D eigenvalue weighted by molar-refractivity contribution is 0.0535. The lowest BCUT2D eigenvalue weighted by Crippen LogP contribution is -2.11. The summed E-state index contributed by atoms with van der Waals surface area (Å²) >= 11 is 0. The van der Waals surface area contributed by atoms with Crippen molar-refractivity contribution in [2.45, 2.75) is 27.1 Å². The van der Waals surface area contributed by atoms with E-state index in [-0.39, 0.29) is 19.8 Å². The monoisotopic (exact) mass is 449 g/mol. The minimum Gasteiger partial charge on any atom is -0.438 e. The van der Waals surface area contributed by atoms with E-state index in [0.717, 1.165) is 28.2 Å². The Kier molecular flexibility index (Phi) is 8.30. The molecule has 0 unspecified atom stereocenters. The summed E-state index contributed by atoms with van der Waals surface area (Å²) in [5, 5.41) is 0. The minimum absolute atomic E-state index is 0.132. The fourth-order valence-electron chi connectivity index (χ4n) is 3.13. The van der Waals surface area contributed by atoms with E-state index in [1.165, 1.54) is 12.7 Å². The first-order valence-electron chi connectivity index (χ1n) is 10.5. The lowest BCUT2D eigenvalue weighted by atomic mass is 10.1. The SMILES string of the molecule is CCOC(=O)OCc1ccc(N(c2ccc(C)cc2)c2ccc(COC(=O)OC)cc2)cc1. The molecule has 0 fully saturated rings. The molecule has 0 spiro atoms. The van der Waals surface area contributed by atoms with Gasteiger partial charge in [0.15, 0.2) is 0 Å². The summed E-state index contributed by atoms with van der Waals surface area (Å²) in [4.78, 5) is 24.8. The second kappa shape index (κ2) is 11.6. The van der Waals surface area contributed by atoms with Gasteiger partial charge >= 0.3 is 12.3 Å². The maximum Gasteiger partial charge on any atom is 0.508 e. The molecule has 0 aliphatic carbocycles. The Bertz CT molecular complexity index is 1050. The van der Waals surface area contributed by atoms with Crippen LogP contribution in [0.2, 0.25) is 0 Å². The van der Waals surface area contributed by atoms with Crippen LogP contribution in [0.4, 0.5) is 26.7 Å². The van der Waals surface area contributed by atoms with Crippen LogP contribution < -0.4 is 4.90 Å². The molecule has 0 aliphatic heterocycles. The molecule has 3 rings (SSSR count). The van der Waals surface area contributed by atoms with Crippen molar-refractivity contribution in [3.8, 4) is 0 Å². The molecule has 0 aromatic heterocycles. The summed E-state index contributed by atoms with van der Waals surface area (Å²) in [7, 11) is 1.28. The summed E-state index contributed by atoms with van der Waals surface area (Å²) < 4.78 is 19.4. The van der Waals surface area contributed by atoms with Crippen molar-refractivity contribution in [3.63, 3.8) is 0 Å². The highest BCUT2D eigenvalue weighted by molar-refractivity contribution is 5.76. The molecule has 0 atom stereocenters. The van der Waals surface area contributed by atoms with E-state index in [1.54, 1.807) is 6.92 Å². The van der Waals surface area contributed by atoms with Gasteiger partial charge in [0, 0.05) is 17.1 Å². The van der Waals surface area contributed by atoms with Crippen LogP contribution in [0.25, 0.3) is 0 Å². The zero-order chi connectivity index (χ0) is 23.6. The number of benzene rings is 3. The minimum atomic E-state index is -0.715. The molecule has 3 aromatic carbocycles. The Balaban J connectivity index is 1.82. The van der Waals surface area contributed by atoms with Crippen molar-refractivity contribution in [3.05, 3.63) is 89.5 Å². The quantitative estimate of drug-likeness (QED) is 0.367. The van der Waals surface area contributed by atoms with Gasteiger partial charge < -0.3 is 23.8 Å². The van der Waals surface area contributed by atoms with Crippen molar-refractivity contribution in [1.29, 1.82) is 0 Å². The highest BCUT2D eigenvalue weighted by atomic mass is 16.7. The first-order chi connectivity index (χ1) is 16.0. The first kappa shape index (κ1) is 23.7. The van der Waals surface area contributed by atoms with Crippen molar-refractivity contribution in [2.75, 3.05) is 18.6 Å². The number of anilines is 3. The van der Waals surface area contributed by atoms with Crippen LogP contribution in [0.5, 0.6) is 0 Å². The van der Waals surface area contributed by atoms with Crippen molar-refractivity contribution < 1.29 is 28.5 Å². The Morgan fingerprint density at radius 2 is 1.09 bits per heavy atom. The molecular weight excluding hydrogens is 422 g/mol. The number of nitrogens with zero attached hydrogens (tertiary/aromatic N) is 1. The molecule has 0 saturated heterocycles. The molecule has 0 radical (unpaired) electrons. The molecule has 33 heavy (non-hydrogen) atoms. The second-order valence-corrected chi connectivity index (χ2v) is 7.22. The molecule has 0 aliphatic rings. The van der Waals surface area contributed by atoms with Crippen LogP contribution in [0.1, 0.15) is 23.6 Å². The molecule has 0 amide bonds. The van der Waals surface area contributed by atoms with Gasteiger partial charge in [-0.3, -0.25) is 0 Å². The van der Waals surface area contributed by atoms with Gasteiger partial charge in [0.25, 0.3) is 0 Å². The van der Waals surface area contributed by atoms with E-state index < -0.39 is 12.3 Å². The van der Waals surface area contributed by atoms with Gasteiger partial charge in [0.1, 0.15) is 13.2 Å². The van der Waals surface area contributed by atoms with Gasteiger partial charge in [0.05, 0.1) is 13.7 Å². The van der Waals surface area contributed by atoms with E-state index in [0.29, 0.717) is 0 Å². The van der Waals surface area contributed by atoms with Gasteiger partial charge in [0.2, 0.25) is 0 Å². The number of aryl methyl sites for hydroxylation is 1. The summed E-state index contributed by atoms with van der Waals surface area (Å²) in [6, 6.07) is 23.7. The van der Waals surface area contributed by atoms with E-state index in [9.17, 15) is 9.59 Å². The van der Waals surface area contributed by atoms with Crippen LogP contribution in [0, 0.1) is 6.92 Å². The Hall–Kier alpha value is -4.00. The number of carbonyl (C=O) groups is 2. The largest absolute Gasteiger partial charge is 0.508 e. The smallest absolute Gasteiger partial charge is 0.438 e. The van der Waals surface area contributed by atoms with Gasteiger partial charge in [-0.1, -0.05) is 42.0 Å². The second-order valence-electron chi connectivity index (χ2n) is 7.22. The van der Waals surface area contributed by atoms with Crippen LogP contribution in [0.15, 0.2) is 72.8 Å². The fourth-order valence-corrected chi connectivity index (χ4v) is 3.13. The van der Waals surface area contributed by atoms with E-state index in [1.807, 2.05) is 55.5 Å². The number of hydrogen-bond acceptors (Lipinski definition) is 7. The summed E-state index contributed by atoms with van der Waals surface area (Å²) in [5.41, 5.74) is 5.74. The summed E-state index contributed by atoms with van der Waals surface area (Å²) in [6.07, 6.45) is -1.40. The normalized spacial score (nSPS) is 10.3. The number of ether oxygens (including phenoxy) is 4. The third kappa shape index (κ3) is 6.74. The number of hydrogen-bond donors (Lipinski definition) is 0. The molecule has 7 heteroatoms. The summed E-state index contributed by atoms with van der Waals surface area (Å²) in [6.45, 7) is 4.32. The van der Waals surface area contributed by atoms with Crippen LogP contribution >= 0.6 is 0 Å². The molecule has 0 bridgehead atoms. The molecule has 0 N–H and O–H groups in total. The van der Waals surface area contributed by atoms with Crippen molar-refractivity contribution in [1.82, 2.24) is 0 Å². The van der Waals surface area contributed by atoms with Crippen molar-refractivity contribution >= 4 is 29.4 Å². The Morgan fingerprint density at radius 3 is 1.52 bits per heavy atom. The third-order valence-electron chi connectivity index (χ3n) is 4.82. The third-order valence-corrected chi connectivity index (χ3v) is 4.82. The zero-order valence-corrected chi connectivity index (χ0v) is 18.9. The predicted molar refractivity (Wildman–Crippen MR) is 125 cm³/mol. The highest BCUT2D eigenvalue weighted by Gasteiger charge is 2.13. The van der Waals surface area contributed by atoms with Crippen LogP contribution in [-0.4, -0.2) is 26.0 Å². The van der Waals surface area contributed by atoms with Gasteiger partial charge in [-0.15, -0.1) is 0 Å². The molecule has 0 saturated carbocycles. The van der Waals surface area contributed by atoms with Gasteiger partial charge in [-0.2, -0.15) is 0 Å². The maximum atomic E-state index is 11.4. The topological polar surface area (TPSA) is 74.3 Å². The number of rotatable bonds is 8. The van der Waals surface area contributed by atoms with E-state index >= 15 is 0 Å². The molecule has 3 aromatic rings. The van der Waals surface area contributed by atoms with Gasteiger partial charge in [-0.25, -0.2) is 9.59 Å². The molecule has 7 nitrogen and oxygen atoms in total. The molecule has 172 valence electrons. The lowest BCUT2D eigenvalue weighted by Gasteiger charge is -2.26. The number of methoxy groups -OCH3 is 1. The fraction of sp³-hybridized carbons (Fsp3) is 0.231. The van der Waals surface area contributed by atoms with Crippen molar-refractivity contribution in [2.24, 2.45) is 0 Å².